The standard InChI is InChI=1S/C20H20F2N4O3/c1-29-14-6-4-13(5-7-14)16-11-25-10-15(19(27)23-8-17(21)22)24-18(25)20(28)26(16)9-12-2-3-12/h4-7,10-12,17H,2-3,8-9H2,1H3,(H,23,27). The van der Waals surface area contributed by atoms with Crippen molar-refractivity contribution in [1.82, 2.24) is 19.3 Å². The van der Waals surface area contributed by atoms with E-state index >= 15 is 0 Å². The molecule has 0 unspecified atom stereocenters. The topological polar surface area (TPSA) is 77.6 Å². The van der Waals surface area contributed by atoms with Gasteiger partial charge in [0.2, 0.25) is 5.65 Å². The second-order valence-electron chi connectivity index (χ2n) is 7.06. The SMILES string of the molecule is COc1ccc(-c2cn3cc(C(=O)NCC(F)F)nc3c(=O)n2CC2CC2)cc1. The maximum atomic E-state index is 13.1. The zero-order valence-electron chi connectivity index (χ0n) is 15.8. The number of imidazole rings is 1. The summed E-state index contributed by atoms with van der Waals surface area (Å²) in [5.41, 5.74) is 1.20. The molecule has 0 atom stereocenters. The van der Waals surface area contributed by atoms with Gasteiger partial charge in [0.1, 0.15) is 11.4 Å². The van der Waals surface area contributed by atoms with Crippen LogP contribution < -0.4 is 15.6 Å². The third-order valence-electron chi connectivity index (χ3n) is 4.89. The van der Waals surface area contributed by atoms with Crippen molar-refractivity contribution in [2.24, 2.45) is 5.92 Å². The van der Waals surface area contributed by atoms with Crippen LogP contribution in [0.3, 0.4) is 0 Å². The van der Waals surface area contributed by atoms with Crippen molar-refractivity contribution in [3.05, 3.63) is 52.7 Å². The van der Waals surface area contributed by atoms with Crippen molar-refractivity contribution in [1.29, 1.82) is 0 Å². The van der Waals surface area contributed by atoms with E-state index < -0.39 is 18.9 Å². The van der Waals surface area contributed by atoms with Crippen molar-refractivity contribution < 1.29 is 18.3 Å². The van der Waals surface area contributed by atoms with Gasteiger partial charge in [0.05, 0.1) is 19.3 Å². The lowest BCUT2D eigenvalue weighted by molar-refractivity contribution is 0.0887. The summed E-state index contributed by atoms with van der Waals surface area (Å²) in [5, 5.41) is 2.11. The molecule has 1 fully saturated rings. The van der Waals surface area contributed by atoms with Gasteiger partial charge in [-0.2, -0.15) is 0 Å². The monoisotopic (exact) mass is 402 g/mol. The molecule has 0 aliphatic heterocycles. The normalized spacial score (nSPS) is 13.8. The fraction of sp³-hybridized carbons (Fsp3) is 0.350. The van der Waals surface area contributed by atoms with Crippen molar-refractivity contribution in [2.75, 3.05) is 13.7 Å². The number of carbonyl (C=O) groups is 1. The van der Waals surface area contributed by atoms with Gasteiger partial charge in [-0.1, -0.05) is 0 Å². The molecular weight excluding hydrogens is 382 g/mol. The number of carbonyl (C=O) groups excluding carboxylic acids is 1. The molecule has 2 heterocycles. The van der Waals surface area contributed by atoms with Crippen LogP contribution in [0.5, 0.6) is 5.75 Å². The van der Waals surface area contributed by atoms with Crippen LogP contribution >= 0.6 is 0 Å². The van der Waals surface area contributed by atoms with E-state index in [1.165, 1.54) is 10.6 Å². The molecule has 9 heteroatoms. The molecule has 2 aromatic heterocycles. The third-order valence-corrected chi connectivity index (χ3v) is 4.89. The predicted molar refractivity (Wildman–Crippen MR) is 103 cm³/mol. The Balaban J connectivity index is 1.78. The largest absolute Gasteiger partial charge is 0.497 e. The lowest BCUT2D eigenvalue weighted by atomic mass is 10.1. The Labute approximate surface area is 164 Å². The average molecular weight is 402 g/mol. The fourth-order valence-electron chi connectivity index (χ4n) is 3.18. The highest BCUT2D eigenvalue weighted by molar-refractivity contribution is 5.92. The van der Waals surface area contributed by atoms with Gasteiger partial charge in [0, 0.05) is 24.5 Å². The average Bonchev–Trinajstić information content (AvgIpc) is 3.43. The van der Waals surface area contributed by atoms with E-state index in [1.54, 1.807) is 17.9 Å². The molecule has 0 spiro atoms. The Kier molecular flexibility index (Phi) is 5.04. The Morgan fingerprint density at radius 3 is 2.62 bits per heavy atom. The number of hydrogen-bond donors (Lipinski definition) is 1. The Morgan fingerprint density at radius 2 is 2.00 bits per heavy atom. The van der Waals surface area contributed by atoms with Crippen molar-refractivity contribution >= 4 is 11.6 Å². The number of halogens is 2. The number of ether oxygens (including phenoxy) is 1. The van der Waals surface area contributed by atoms with Gasteiger partial charge in [-0.15, -0.1) is 0 Å². The maximum Gasteiger partial charge on any atom is 0.294 e. The Hall–Kier alpha value is -3.23. The molecule has 0 bridgehead atoms. The number of rotatable bonds is 7. The minimum Gasteiger partial charge on any atom is -0.497 e. The van der Waals surface area contributed by atoms with Crippen LogP contribution in [0.2, 0.25) is 0 Å². The van der Waals surface area contributed by atoms with Crippen LogP contribution in [0, 0.1) is 5.92 Å². The Morgan fingerprint density at radius 1 is 1.28 bits per heavy atom. The van der Waals surface area contributed by atoms with Gasteiger partial charge in [0.25, 0.3) is 17.9 Å². The van der Waals surface area contributed by atoms with Crippen LogP contribution in [0.4, 0.5) is 8.78 Å². The first-order valence-corrected chi connectivity index (χ1v) is 9.29. The van der Waals surface area contributed by atoms with E-state index in [9.17, 15) is 18.4 Å². The second kappa shape index (κ2) is 7.65. The predicted octanol–water partition coefficient (Wildman–Crippen LogP) is 2.58. The highest BCUT2D eigenvalue weighted by Crippen LogP contribution is 2.32. The van der Waals surface area contributed by atoms with E-state index in [-0.39, 0.29) is 16.9 Å². The molecule has 1 aromatic carbocycles. The number of fused-ring (bicyclic) bond motifs is 1. The number of aromatic nitrogens is 3. The molecule has 152 valence electrons. The molecule has 29 heavy (non-hydrogen) atoms. The zero-order valence-corrected chi connectivity index (χ0v) is 15.8. The number of nitrogens with zero attached hydrogens (tertiary/aromatic N) is 3. The summed E-state index contributed by atoms with van der Waals surface area (Å²) in [4.78, 5) is 29.3. The number of methoxy groups -OCH3 is 1. The maximum absolute atomic E-state index is 13.1. The van der Waals surface area contributed by atoms with Gasteiger partial charge in [0.15, 0.2) is 0 Å². The van der Waals surface area contributed by atoms with Gasteiger partial charge < -0.3 is 14.6 Å². The first kappa shape index (κ1) is 19.1. The molecule has 4 rings (SSSR count). The summed E-state index contributed by atoms with van der Waals surface area (Å²) < 4.78 is 33.0. The summed E-state index contributed by atoms with van der Waals surface area (Å²) in [6.07, 6.45) is 2.59. The molecule has 7 nitrogen and oxygen atoms in total. The van der Waals surface area contributed by atoms with Crippen LogP contribution in [-0.2, 0) is 6.54 Å². The summed E-state index contributed by atoms with van der Waals surface area (Å²) >= 11 is 0. The second-order valence-corrected chi connectivity index (χ2v) is 7.06. The number of amides is 1. The summed E-state index contributed by atoms with van der Waals surface area (Å²) in [6, 6.07) is 7.33. The summed E-state index contributed by atoms with van der Waals surface area (Å²) in [5.74, 6) is 0.399. The quantitative estimate of drug-likeness (QED) is 0.659. The Bertz CT molecular complexity index is 1100. The number of nitrogens with one attached hydrogen (secondary N) is 1. The van der Waals surface area contributed by atoms with Gasteiger partial charge >= 0.3 is 0 Å². The lowest BCUT2D eigenvalue weighted by Crippen LogP contribution is -2.28. The van der Waals surface area contributed by atoms with Crippen LogP contribution in [-0.4, -0.2) is 39.9 Å². The zero-order chi connectivity index (χ0) is 20.5. The molecule has 0 radical (unpaired) electrons. The minimum atomic E-state index is -2.66. The smallest absolute Gasteiger partial charge is 0.294 e. The van der Waals surface area contributed by atoms with E-state index in [2.05, 4.69) is 10.3 Å². The number of benzene rings is 1. The van der Waals surface area contributed by atoms with Crippen LogP contribution in [0.15, 0.2) is 41.5 Å². The van der Waals surface area contributed by atoms with Crippen LogP contribution in [0.1, 0.15) is 23.3 Å². The number of alkyl halides is 2. The molecule has 1 aliphatic carbocycles. The lowest BCUT2D eigenvalue weighted by Gasteiger charge is -2.14. The molecule has 3 aromatic rings. The van der Waals surface area contributed by atoms with E-state index in [4.69, 9.17) is 4.74 Å². The van der Waals surface area contributed by atoms with Crippen molar-refractivity contribution in [2.45, 2.75) is 25.8 Å². The van der Waals surface area contributed by atoms with E-state index in [0.29, 0.717) is 23.9 Å². The first-order valence-electron chi connectivity index (χ1n) is 9.29. The van der Waals surface area contributed by atoms with E-state index in [0.717, 1.165) is 18.4 Å². The molecule has 1 N–H and O–H groups in total. The minimum absolute atomic E-state index is 0.0763. The highest BCUT2D eigenvalue weighted by Gasteiger charge is 2.25. The number of hydrogen-bond acceptors (Lipinski definition) is 4. The van der Waals surface area contributed by atoms with Crippen molar-refractivity contribution in [3.8, 4) is 17.0 Å². The van der Waals surface area contributed by atoms with Crippen molar-refractivity contribution in [3.63, 3.8) is 0 Å². The molecule has 1 aliphatic rings. The van der Waals surface area contributed by atoms with Gasteiger partial charge in [-0.3, -0.25) is 14.0 Å². The third kappa shape index (κ3) is 3.98. The van der Waals surface area contributed by atoms with Gasteiger partial charge in [-0.05, 0) is 43.0 Å². The van der Waals surface area contributed by atoms with Crippen LogP contribution in [0.25, 0.3) is 16.9 Å². The summed E-state index contributed by atoms with van der Waals surface area (Å²) in [6.45, 7) is -0.202. The molecular formula is C20H20F2N4O3. The van der Waals surface area contributed by atoms with E-state index in [1.807, 2.05) is 24.3 Å². The van der Waals surface area contributed by atoms with Gasteiger partial charge in [-0.25, -0.2) is 13.8 Å². The molecule has 0 saturated heterocycles. The first-order chi connectivity index (χ1) is 14.0. The fourth-order valence-corrected chi connectivity index (χ4v) is 3.18. The molecule has 1 saturated carbocycles. The molecule has 1 amide bonds. The summed E-state index contributed by atoms with van der Waals surface area (Å²) in [7, 11) is 1.58. The highest BCUT2D eigenvalue weighted by atomic mass is 19.3.